The summed E-state index contributed by atoms with van der Waals surface area (Å²) < 4.78 is 1.06. The number of hydrogen-bond donors (Lipinski definition) is 1. The molecule has 0 bridgehead atoms. The van der Waals surface area contributed by atoms with Crippen LogP contribution in [0.3, 0.4) is 0 Å². The fourth-order valence-corrected chi connectivity index (χ4v) is 3.53. The first-order chi connectivity index (χ1) is 10.7. The van der Waals surface area contributed by atoms with Crippen LogP contribution in [0.25, 0.3) is 0 Å². The third-order valence-corrected chi connectivity index (χ3v) is 4.98. The highest BCUT2D eigenvalue weighted by atomic mass is 127. The van der Waals surface area contributed by atoms with Gasteiger partial charge in [0.25, 0.3) is 0 Å². The van der Waals surface area contributed by atoms with E-state index in [1.165, 1.54) is 5.56 Å². The minimum absolute atomic E-state index is 0.0620. The molecule has 1 atom stereocenters. The third kappa shape index (κ3) is 3.67. The molecule has 1 heterocycles. The van der Waals surface area contributed by atoms with Gasteiger partial charge in [-0.15, -0.1) is 0 Å². The Bertz CT molecular complexity index is 645. The van der Waals surface area contributed by atoms with E-state index in [1.54, 1.807) is 0 Å². The summed E-state index contributed by atoms with van der Waals surface area (Å²) in [6.07, 6.45) is 2.27. The minimum Gasteiger partial charge on any atom is -0.324 e. The highest BCUT2D eigenvalue weighted by Crippen LogP contribution is 2.31. The quantitative estimate of drug-likeness (QED) is 0.777. The maximum absolute atomic E-state index is 12.3. The third-order valence-electron chi connectivity index (χ3n) is 4.04. The Morgan fingerprint density at radius 2 is 1.86 bits per heavy atom. The van der Waals surface area contributed by atoms with Gasteiger partial charge < -0.3 is 5.32 Å². The Kier molecular flexibility index (Phi) is 5.10. The van der Waals surface area contributed by atoms with Crippen molar-refractivity contribution >= 4 is 34.2 Å². The maximum Gasteiger partial charge on any atom is 0.238 e. The number of rotatable bonds is 4. The van der Waals surface area contributed by atoms with Crippen LogP contribution in [0, 0.1) is 3.57 Å². The van der Waals surface area contributed by atoms with E-state index < -0.39 is 0 Å². The molecule has 0 radical (unpaired) electrons. The first-order valence-corrected chi connectivity index (χ1v) is 8.65. The molecule has 3 nitrogen and oxygen atoms in total. The van der Waals surface area contributed by atoms with Crippen LogP contribution in [0.4, 0.5) is 5.69 Å². The number of amides is 1. The molecular formula is C18H19IN2O. The second kappa shape index (κ2) is 7.24. The number of nitrogens with zero attached hydrogens (tertiary/aromatic N) is 1. The van der Waals surface area contributed by atoms with Gasteiger partial charge in [0, 0.05) is 9.61 Å². The molecule has 1 aliphatic rings. The number of benzene rings is 2. The molecule has 1 amide bonds. The summed E-state index contributed by atoms with van der Waals surface area (Å²) in [7, 11) is 0. The summed E-state index contributed by atoms with van der Waals surface area (Å²) in [4.78, 5) is 14.6. The fraction of sp³-hybridized carbons (Fsp3) is 0.278. The molecule has 2 aromatic rings. The number of nitrogens with one attached hydrogen (secondary N) is 1. The van der Waals surface area contributed by atoms with Gasteiger partial charge in [-0.25, -0.2) is 0 Å². The van der Waals surface area contributed by atoms with Gasteiger partial charge in [-0.05, 0) is 59.7 Å². The number of para-hydroxylation sites is 1. The van der Waals surface area contributed by atoms with Gasteiger partial charge >= 0.3 is 0 Å². The van der Waals surface area contributed by atoms with Gasteiger partial charge in [0.15, 0.2) is 0 Å². The van der Waals surface area contributed by atoms with Crippen LogP contribution in [-0.2, 0) is 4.79 Å². The normalized spacial score (nSPS) is 18.3. The van der Waals surface area contributed by atoms with Crippen LogP contribution in [-0.4, -0.2) is 23.9 Å². The van der Waals surface area contributed by atoms with Crippen LogP contribution in [0.1, 0.15) is 24.4 Å². The molecule has 2 aromatic carbocycles. The van der Waals surface area contributed by atoms with Crippen molar-refractivity contribution in [3.05, 3.63) is 63.7 Å². The van der Waals surface area contributed by atoms with E-state index in [-0.39, 0.29) is 5.91 Å². The molecule has 1 aliphatic heterocycles. The maximum atomic E-state index is 12.3. The number of likely N-dealkylation sites (tertiary alicyclic amines) is 1. The second-order valence-electron chi connectivity index (χ2n) is 5.57. The molecular weight excluding hydrogens is 387 g/mol. The molecule has 4 heteroatoms. The first kappa shape index (κ1) is 15.5. The molecule has 114 valence electrons. The first-order valence-electron chi connectivity index (χ1n) is 7.57. The van der Waals surface area contributed by atoms with Gasteiger partial charge in [0.05, 0.1) is 12.2 Å². The molecule has 0 spiro atoms. The SMILES string of the molecule is O=C(CN1CCCC1c1ccccc1)Nc1ccccc1I. The Morgan fingerprint density at radius 3 is 2.64 bits per heavy atom. The van der Waals surface area contributed by atoms with Crippen molar-refractivity contribution in [3.63, 3.8) is 0 Å². The Labute approximate surface area is 144 Å². The van der Waals surface area contributed by atoms with Crippen molar-refractivity contribution in [1.29, 1.82) is 0 Å². The van der Waals surface area contributed by atoms with Crippen LogP contribution >= 0.6 is 22.6 Å². The molecule has 1 N–H and O–H groups in total. The molecule has 3 rings (SSSR count). The van der Waals surface area contributed by atoms with Crippen molar-refractivity contribution in [2.45, 2.75) is 18.9 Å². The van der Waals surface area contributed by atoms with E-state index >= 15 is 0 Å². The van der Waals surface area contributed by atoms with Gasteiger partial charge in [-0.1, -0.05) is 42.5 Å². The molecule has 0 aromatic heterocycles. The highest BCUT2D eigenvalue weighted by molar-refractivity contribution is 14.1. The summed E-state index contributed by atoms with van der Waals surface area (Å²) >= 11 is 2.24. The summed E-state index contributed by atoms with van der Waals surface area (Å²) in [5.74, 6) is 0.0620. The van der Waals surface area contributed by atoms with E-state index in [0.717, 1.165) is 28.6 Å². The molecule has 0 aliphatic carbocycles. The average molecular weight is 406 g/mol. The molecule has 22 heavy (non-hydrogen) atoms. The van der Waals surface area contributed by atoms with Gasteiger partial charge in [0.1, 0.15) is 0 Å². The number of hydrogen-bond acceptors (Lipinski definition) is 2. The summed E-state index contributed by atoms with van der Waals surface area (Å²) in [5, 5.41) is 3.02. The lowest BCUT2D eigenvalue weighted by Crippen LogP contribution is -2.33. The molecule has 0 saturated carbocycles. The lowest BCUT2D eigenvalue weighted by Gasteiger charge is -2.24. The van der Waals surface area contributed by atoms with Crippen LogP contribution in [0.5, 0.6) is 0 Å². The Morgan fingerprint density at radius 1 is 1.14 bits per heavy atom. The zero-order valence-corrected chi connectivity index (χ0v) is 14.5. The summed E-state index contributed by atoms with van der Waals surface area (Å²) in [6, 6.07) is 18.7. The minimum atomic E-state index is 0.0620. The topological polar surface area (TPSA) is 32.3 Å². The van der Waals surface area contributed by atoms with Gasteiger partial charge in [0.2, 0.25) is 5.91 Å². The van der Waals surface area contributed by atoms with Crippen LogP contribution < -0.4 is 5.32 Å². The number of carbonyl (C=O) groups is 1. The standard InChI is InChI=1S/C18H19IN2O/c19-15-9-4-5-10-16(15)20-18(22)13-21-12-6-11-17(21)14-7-2-1-3-8-14/h1-5,7-10,17H,6,11-13H2,(H,20,22). The second-order valence-corrected chi connectivity index (χ2v) is 6.73. The molecule has 1 saturated heterocycles. The van der Waals surface area contributed by atoms with Crippen molar-refractivity contribution in [2.75, 3.05) is 18.4 Å². The smallest absolute Gasteiger partial charge is 0.238 e. The Hall–Kier alpha value is -1.40. The van der Waals surface area contributed by atoms with E-state index in [1.807, 2.05) is 30.3 Å². The fourth-order valence-electron chi connectivity index (χ4n) is 3.00. The van der Waals surface area contributed by atoms with Crippen LogP contribution in [0.15, 0.2) is 54.6 Å². The largest absolute Gasteiger partial charge is 0.324 e. The lowest BCUT2D eigenvalue weighted by molar-refractivity contribution is -0.117. The Balaban J connectivity index is 1.65. The summed E-state index contributed by atoms with van der Waals surface area (Å²) in [5.41, 5.74) is 2.20. The molecule has 1 fully saturated rings. The number of halogens is 1. The zero-order chi connectivity index (χ0) is 15.4. The van der Waals surface area contributed by atoms with Crippen molar-refractivity contribution in [1.82, 2.24) is 4.90 Å². The van der Waals surface area contributed by atoms with Gasteiger partial charge in [-0.2, -0.15) is 0 Å². The number of carbonyl (C=O) groups excluding carboxylic acids is 1. The monoisotopic (exact) mass is 406 g/mol. The van der Waals surface area contributed by atoms with E-state index in [0.29, 0.717) is 12.6 Å². The van der Waals surface area contributed by atoms with E-state index in [4.69, 9.17) is 0 Å². The molecule has 1 unspecified atom stereocenters. The zero-order valence-electron chi connectivity index (χ0n) is 12.3. The lowest BCUT2D eigenvalue weighted by atomic mass is 10.0. The van der Waals surface area contributed by atoms with Crippen molar-refractivity contribution in [2.24, 2.45) is 0 Å². The van der Waals surface area contributed by atoms with Crippen molar-refractivity contribution < 1.29 is 4.79 Å². The average Bonchev–Trinajstić information content (AvgIpc) is 2.98. The van der Waals surface area contributed by atoms with Crippen LogP contribution in [0.2, 0.25) is 0 Å². The van der Waals surface area contributed by atoms with E-state index in [2.05, 4.69) is 57.1 Å². The van der Waals surface area contributed by atoms with E-state index in [9.17, 15) is 4.79 Å². The number of anilines is 1. The summed E-state index contributed by atoms with van der Waals surface area (Å²) in [6.45, 7) is 1.43. The van der Waals surface area contributed by atoms with Crippen molar-refractivity contribution in [3.8, 4) is 0 Å². The highest BCUT2D eigenvalue weighted by Gasteiger charge is 2.27. The predicted octanol–water partition coefficient (Wildman–Crippen LogP) is 4.07. The van der Waals surface area contributed by atoms with Gasteiger partial charge in [-0.3, -0.25) is 9.69 Å². The predicted molar refractivity (Wildman–Crippen MR) is 97.8 cm³/mol.